The first-order valence-electron chi connectivity index (χ1n) is 4.05. The molecule has 3 heteroatoms. The zero-order chi connectivity index (χ0) is 9.26. The quantitative estimate of drug-likeness (QED) is 0.721. The van der Waals surface area contributed by atoms with E-state index >= 15 is 0 Å². The molecular formula is C10H10N2O. The normalized spacial score (nSPS) is 10.2. The molecule has 0 aliphatic heterocycles. The molecule has 2 aromatic rings. The summed E-state index contributed by atoms with van der Waals surface area (Å²) < 4.78 is 5.06. The molecular weight excluding hydrogens is 164 g/mol. The van der Waals surface area contributed by atoms with Crippen molar-refractivity contribution in [1.29, 1.82) is 0 Å². The Morgan fingerprint density at radius 2 is 2.08 bits per heavy atom. The third kappa shape index (κ3) is 1.40. The van der Waals surface area contributed by atoms with Crippen LogP contribution in [-0.4, -0.2) is 5.16 Å². The molecule has 13 heavy (non-hydrogen) atoms. The summed E-state index contributed by atoms with van der Waals surface area (Å²) >= 11 is 0. The molecule has 1 heterocycles. The van der Waals surface area contributed by atoms with Crippen LogP contribution in [0.4, 0.5) is 5.82 Å². The van der Waals surface area contributed by atoms with Crippen LogP contribution >= 0.6 is 0 Å². The summed E-state index contributed by atoms with van der Waals surface area (Å²) in [6, 6.07) is 9.67. The van der Waals surface area contributed by atoms with Gasteiger partial charge in [0.25, 0.3) is 0 Å². The summed E-state index contributed by atoms with van der Waals surface area (Å²) in [6.45, 7) is 2.02. The molecule has 3 nitrogen and oxygen atoms in total. The predicted molar refractivity (Wildman–Crippen MR) is 51.1 cm³/mol. The zero-order valence-electron chi connectivity index (χ0n) is 7.32. The second kappa shape index (κ2) is 2.94. The lowest BCUT2D eigenvalue weighted by Crippen LogP contribution is -1.80. The van der Waals surface area contributed by atoms with Gasteiger partial charge in [0.2, 0.25) is 0 Å². The highest BCUT2D eigenvalue weighted by Crippen LogP contribution is 2.23. The van der Waals surface area contributed by atoms with Gasteiger partial charge >= 0.3 is 0 Å². The summed E-state index contributed by atoms with van der Waals surface area (Å²) in [4.78, 5) is 0. The number of nitrogen functional groups attached to an aromatic ring is 1. The maximum Gasteiger partial charge on any atom is 0.169 e. The molecule has 2 N–H and O–H groups in total. The zero-order valence-corrected chi connectivity index (χ0v) is 7.32. The van der Waals surface area contributed by atoms with E-state index in [2.05, 4.69) is 5.16 Å². The van der Waals surface area contributed by atoms with Crippen LogP contribution < -0.4 is 5.73 Å². The number of anilines is 1. The second-order valence-corrected chi connectivity index (χ2v) is 2.93. The Morgan fingerprint density at radius 3 is 2.69 bits per heavy atom. The van der Waals surface area contributed by atoms with Gasteiger partial charge < -0.3 is 10.3 Å². The van der Waals surface area contributed by atoms with Crippen molar-refractivity contribution in [2.24, 2.45) is 0 Å². The summed E-state index contributed by atoms with van der Waals surface area (Å²) in [5, 5.41) is 3.64. The number of nitrogens with two attached hydrogens (primary N) is 1. The van der Waals surface area contributed by atoms with Crippen molar-refractivity contribution in [3.8, 4) is 11.3 Å². The Morgan fingerprint density at radius 1 is 1.31 bits per heavy atom. The van der Waals surface area contributed by atoms with Gasteiger partial charge in [-0.15, -0.1) is 0 Å². The highest BCUT2D eigenvalue weighted by Gasteiger charge is 2.05. The standard InChI is InChI=1S/C10H10N2O/c1-7-4-2-3-5-8(7)9-6-10(11)12-13-9/h2-6H,1H3,(H2,11,12). The van der Waals surface area contributed by atoms with Crippen LogP contribution in [-0.2, 0) is 0 Å². The fourth-order valence-corrected chi connectivity index (χ4v) is 1.27. The predicted octanol–water partition coefficient (Wildman–Crippen LogP) is 2.23. The first kappa shape index (κ1) is 7.86. The highest BCUT2D eigenvalue weighted by atomic mass is 16.5. The monoisotopic (exact) mass is 174 g/mol. The fourth-order valence-electron chi connectivity index (χ4n) is 1.27. The summed E-state index contributed by atoms with van der Waals surface area (Å²) in [7, 11) is 0. The van der Waals surface area contributed by atoms with Gasteiger partial charge in [0, 0.05) is 11.6 Å². The van der Waals surface area contributed by atoms with E-state index in [1.165, 1.54) is 0 Å². The van der Waals surface area contributed by atoms with Crippen molar-refractivity contribution < 1.29 is 4.52 Å². The lowest BCUT2D eigenvalue weighted by Gasteiger charge is -1.98. The molecule has 66 valence electrons. The molecule has 0 radical (unpaired) electrons. The number of aromatic nitrogens is 1. The van der Waals surface area contributed by atoms with Crippen LogP contribution in [0, 0.1) is 6.92 Å². The number of hydrogen-bond donors (Lipinski definition) is 1. The maximum atomic E-state index is 5.46. The molecule has 0 saturated carbocycles. The van der Waals surface area contributed by atoms with Crippen molar-refractivity contribution in [3.63, 3.8) is 0 Å². The van der Waals surface area contributed by atoms with Crippen LogP contribution in [0.5, 0.6) is 0 Å². The first-order valence-corrected chi connectivity index (χ1v) is 4.05. The lowest BCUT2D eigenvalue weighted by atomic mass is 10.1. The SMILES string of the molecule is Cc1ccccc1-c1cc(N)no1. The van der Waals surface area contributed by atoms with Crippen molar-refractivity contribution in [1.82, 2.24) is 5.16 Å². The van der Waals surface area contributed by atoms with E-state index in [-0.39, 0.29) is 0 Å². The molecule has 0 amide bonds. The molecule has 0 atom stereocenters. The average molecular weight is 174 g/mol. The average Bonchev–Trinajstić information content (AvgIpc) is 2.53. The number of benzene rings is 1. The van der Waals surface area contributed by atoms with Crippen molar-refractivity contribution >= 4 is 5.82 Å². The van der Waals surface area contributed by atoms with E-state index in [4.69, 9.17) is 10.3 Å². The Kier molecular flexibility index (Phi) is 1.77. The van der Waals surface area contributed by atoms with Gasteiger partial charge in [-0.1, -0.05) is 29.4 Å². The van der Waals surface area contributed by atoms with Gasteiger partial charge in [-0.3, -0.25) is 0 Å². The van der Waals surface area contributed by atoms with E-state index in [0.29, 0.717) is 5.82 Å². The number of aryl methyl sites for hydroxylation is 1. The minimum atomic E-state index is 0.415. The summed E-state index contributed by atoms with van der Waals surface area (Å²) in [5.74, 6) is 1.13. The molecule has 1 aromatic heterocycles. The molecule has 0 aliphatic carbocycles. The molecule has 0 unspecified atom stereocenters. The summed E-state index contributed by atoms with van der Waals surface area (Å²) in [5.41, 5.74) is 7.65. The third-order valence-electron chi connectivity index (χ3n) is 1.94. The van der Waals surface area contributed by atoms with Gasteiger partial charge in [-0.05, 0) is 12.5 Å². The van der Waals surface area contributed by atoms with Crippen LogP contribution in [0.2, 0.25) is 0 Å². The second-order valence-electron chi connectivity index (χ2n) is 2.93. The van der Waals surface area contributed by atoms with Crippen LogP contribution in [0.15, 0.2) is 34.9 Å². The van der Waals surface area contributed by atoms with Crippen LogP contribution in [0.3, 0.4) is 0 Å². The minimum absolute atomic E-state index is 0.415. The smallest absolute Gasteiger partial charge is 0.169 e. The fraction of sp³-hybridized carbons (Fsp3) is 0.100. The van der Waals surface area contributed by atoms with E-state index in [1.54, 1.807) is 6.07 Å². The van der Waals surface area contributed by atoms with Gasteiger partial charge in [-0.2, -0.15) is 0 Å². The van der Waals surface area contributed by atoms with Gasteiger partial charge in [0.1, 0.15) is 0 Å². The largest absolute Gasteiger partial charge is 0.381 e. The van der Waals surface area contributed by atoms with Crippen molar-refractivity contribution in [2.75, 3.05) is 5.73 Å². The molecule has 0 aliphatic rings. The van der Waals surface area contributed by atoms with Crippen LogP contribution in [0.1, 0.15) is 5.56 Å². The van der Waals surface area contributed by atoms with E-state index < -0.39 is 0 Å². The molecule has 2 rings (SSSR count). The Labute approximate surface area is 76.2 Å². The molecule has 1 aromatic carbocycles. The Balaban J connectivity index is 2.52. The molecule has 0 spiro atoms. The molecule has 0 saturated heterocycles. The highest BCUT2D eigenvalue weighted by molar-refractivity contribution is 5.63. The van der Waals surface area contributed by atoms with E-state index in [9.17, 15) is 0 Å². The molecule has 0 bridgehead atoms. The van der Waals surface area contributed by atoms with Gasteiger partial charge in [0.15, 0.2) is 11.6 Å². The van der Waals surface area contributed by atoms with Crippen LogP contribution in [0.25, 0.3) is 11.3 Å². The Hall–Kier alpha value is -1.77. The van der Waals surface area contributed by atoms with Gasteiger partial charge in [-0.25, -0.2) is 0 Å². The van der Waals surface area contributed by atoms with E-state index in [0.717, 1.165) is 16.9 Å². The van der Waals surface area contributed by atoms with Gasteiger partial charge in [0.05, 0.1) is 0 Å². The summed E-state index contributed by atoms with van der Waals surface area (Å²) in [6.07, 6.45) is 0. The van der Waals surface area contributed by atoms with E-state index in [1.807, 2.05) is 31.2 Å². The topological polar surface area (TPSA) is 52.0 Å². The van der Waals surface area contributed by atoms with Crippen molar-refractivity contribution in [3.05, 3.63) is 35.9 Å². The first-order chi connectivity index (χ1) is 6.27. The Bertz CT molecular complexity index is 420. The number of rotatable bonds is 1. The molecule has 0 fully saturated rings. The number of nitrogens with zero attached hydrogens (tertiary/aromatic N) is 1. The maximum absolute atomic E-state index is 5.46. The minimum Gasteiger partial charge on any atom is -0.381 e. The van der Waals surface area contributed by atoms with Crippen molar-refractivity contribution in [2.45, 2.75) is 6.92 Å². The third-order valence-corrected chi connectivity index (χ3v) is 1.94. The lowest BCUT2D eigenvalue weighted by molar-refractivity contribution is 0.435. The number of hydrogen-bond acceptors (Lipinski definition) is 3.